The quantitative estimate of drug-likeness (QED) is 0.716. The SMILES string of the molecule is Cc1cccc(CC(=O)NC2CCCN(c3cc(-c4ccccc4)[nH]n3)C2)c1. The summed E-state index contributed by atoms with van der Waals surface area (Å²) in [5, 5.41) is 10.8. The van der Waals surface area contributed by atoms with Gasteiger partial charge in [-0.25, -0.2) is 0 Å². The summed E-state index contributed by atoms with van der Waals surface area (Å²) in [5.41, 5.74) is 4.38. The Morgan fingerprint density at radius 3 is 2.86 bits per heavy atom. The number of H-pyrrole nitrogens is 1. The van der Waals surface area contributed by atoms with E-state index in [1.807, 2.05) is 43.3 Å². The van der Waals surface area contributed by atoms with Crippen LogP contribution >= 0.6 is 0 Å². The molecule has 3 aromatic rings. The molecule has 1 aliphatic rings. The number of rotatable bonds is 5. The maximum Gasteiger partial charge on any atom is 0.224 e. The Kier molecular flexibility index (Phi) is 5.42. The molecule has 1 aromatic heterocycles. The molecule has 5 nitrogen and oxygen atoms in total. The molecule has 5 heteroatoms. The van der Waals surface area contributed by atoms with Gasteiger partial charge in [0.25, 0.3) is 0 Å². The van der Waals surface area contributed by atoms with E-state index in [-0.39, 0.29) is 11.9 Å². The first-order chi connectivity index (χ1) is 13.7. The first-order valence-corrected chi connectivity index (χ1v) is 9.88. The van der Waals surface area contributed by atoms with Crippen LogP contribution in [0.2, 0.25) is 0 Å². The van der Waals surface area contributed by atoms with E-state index in [0.717, 1.165) is 48.6 Å². The number of nitrogens with zero attached hydrogens (tertiary/aromatic N) is 2. The average molecular weight is 374 g/mol. The number of carbonyl (C=O) groups is 1. The fourth-order valence-electron chi connectivity index (χ4n) is 3.83. The molecule has 28 heavy (non-hydrogen) atoms. The molecule has 4 rings (SSSR count). The van der Waals surface area contributed by atoms with E-state index in [9.17, 15) is 4.79 Å². The molecule has 0 aliphatic carbocycles. The molecular weight excluding hydrogens is 348 g/mol. The Bertz CT molecular complexity index is 935. The fourth-order valence-corrected chi connectivity index (χ4v) is 3.83. The molecule has 1 saturated heterocycles. The van der Waals surface area contributed by atoms with Crippen molar-refractivity contribution in [2.45, 2.75) is 32.2 Å². The lowest BCUT2D eigenvalue weighted by Gasteiger charge is -2.33. The van der Waals surface area contributed by atoms with Crippen LogP contribution in [-0.4, -0.2) is 35.2 Å². The summed E-state index contributed by atoms with van der Waals surface area (Å²) in [6.45, 7) is 3.80. The molecule has 1 aliphatic heterocycles. The highest BCUT2D eigenvalue weighted by molar-refractivity contribution is 5.79. The molecule has 1 unspecified atom stereocenters. The number of benzene rings is 2. The molecule has 0 spiro atoms. The first-order valence-electron chi connectivity index (χ1n) is 9.88. The lowest BCUT2D eigenvalue weighted by molar-refractivity contribution is -0.121. The van der Waals surface area contributed by atoms with Crippen LogP contribution in [0.15, 0.2) is 60.7 Å². The van der Waals surface area contributed by atoms with Crippen molar-refractivity contribution in [1.82, 2.24) is 15.5 Å². The van der Waals surface area contributed by atoms with Crippen molar-refractivity contribution >= 4 is 11.7 Å². The van der Waals surface area contributed by atoms with Gasteiger partial charge >= 0.3 is 0 Å². The number of piperidine rings is 1. The number of hydrogen-bond donors (Lipinski definition) is 2. The van der Waals surface area contributed by atoms with Crippen LogP contribution in [0.25, 0.3) is 11.3 Å². The van der Waals surface area contributed by atoms with E-state index in [1.165, 1.54) is 5.56 Å². The molecule has 1 amide bonds. The van der Waals surface area contributed by atoms with Crippen molar-refractivity contribution in [3.05, 3.63) is 71.8 Å². The summed E-state index contributed by atoms with van der Waals surface area (Å²) in [5.74, 6) is 1.03. The normalized spacial score (nSPS) is 16.8. The van der Waals surface area contributed by atoms with Gasteiger partial charge in [0.05, 0.1) is 12.1 Å². The Morgan fingerprint density at radius 2 is 2.04 bits per heavy atom. The highest BCUT2D eigenvalue weighted by Gasteiger charge is 2.23. The number of aromatic amines is 1. The third kappa shape index (κ3) is 4.42. The molecule has 0 radical (unpaired) electrons. The van der Waals surface area contributed by atoms with Crippen molar-refractivity contribution in [1.29, 1.82) is 0 Å². The van der Waals surface area contributed by atoms with E-state index in [0.29, 0.717) is 6.42 Å². The minimum Gasteiger partial charge on any atom is -0.353 e. The summed E-state index contributed by atoms with van der Waals surface area (Å²) in [7, 11) is 0. The van der Waals surface area contributed by atoms with Gasteiger partial charge in [-0.3, -0.25) is 9.89 Å². The van der Waals surface area contributed by atoms with Gasteiger partial charge < -0.3 is 10.2 Å². The molecule has 1 atom stereocenters. The zero-order chi connectivity index (χ0) is 19.3. The molecule has 2 aromatic carbocycles. The highest BCUT2D eigenvalue weighted by Crippen LogP contribution is 2.24. The topological polar surface area (TPSA) is 61.0 Å². The van der Waals surface area contributed by atoms with E-state index in [1.54, 1.807) is 0 Å². The monoisotopic (exact) mass is 374 g/mol. The Labute approximate surface area is 165 Å². The van der Waals surface area contributed by atoms with Crippen molar-refractivity contribution in [2.75, 3.05) is 18.0 Å². The maximum atomic E-state index is 12.5. The third-order valence-electron chi connectivity index (χ3n) is 5.21. The van der Waals surface area contributed by atoms with Crippen LogP contribution in [0.3, 0.4) is 0 Å². The van der Waals surface area contributed by atoms with Crippen molar-refractivity contribution in [3.8, 4) is 11.3 Å². The largest absolute Gasteiger partial charge is 0.353 e. The number of anilines is 1. The maximum absolute atomic E-state index is 12.5. The van der Waals surface area contributed by atoms with E-state index >= 15 is 0 Å². The van der Waals surface area contributed by atoms with Crippen LogP contribution in [0, 0.1) is 6.92 Å². The number of carbonyl (C=O) groups excluding carboxylic acids is 1. The van der Waals surface area contributed by atoms with Crippen LogP contribution in [0.1, 0.15) is 24.0 Å². The number of aromatic nitrogens is 2. The van der Waals surface area contributed by atoms with Crippen LogP contribution in [0.4, 0.5) is 5.82 Å². The van der Waals surface area contributed by atoms with Crippen LogP contribution < -0.4 is 10.2 Å². The molecule has 0 saturated carbocycles. The molecular formula is C23H26N4O. The second-order valence-electron chi connectivity index (χ2n) is 7.52. The van der Waals surface area contributed by atoms with Gasteiger partial charge in [-0.2, -0.15) is 5.10 Å². The Hall–Kier alpha value is -3.08. The highest BCUT2D eigenvalue weighted by atomic mass is 16.1. The van der Waals surface area contributed by atoms with E-state index in [2.05, 4.69) is 44.7 Å². The third-order valence-corrected chi connectivity index (χ3v) is 5.21. The van der Waals surface area contributed by atoms with Crippen molar-refractivity contribution < 1.29 is 4.79 Å². The molecule has 2 heterocycles. The second kappa shape index (κ2) is 8.30. The zero-order valence-electron chi connectivity index (χ0n) is 16.2. The minimum atomic E-state index is 0.0875. The van der Waals surface area contributed by atoms with Gasteiger partial charge in [-0.15, -0.1) is 0 Å². The molecule has 0 bridgehead atoms. The zero-order valence-corrected chi connectivity index (χ0v) is 16.2. The summed E-state index contributed by atoms with van der Waals surface area (Å²) >= 11 is 0. The van der Waals surface area contributed by atoms with Crippen LogP contribution in [0.5, 0.6) is 0 Å². The predicted molar refractivity (Wildman–Crippen MR) is 112 cm³/mol. The van der Waals surface area contributed by atoms with E-state index < -0.39 is 0 Å². The number of nitrogens with one attached hydrogen (secondary N) is 2. The van der Waals surface area contributed by atoms with E-state index in [4.69, 9.17) is 0 Å². The number of amides is 1. The summed E-state index contributed by atoms with van der Waals surface area (Å²) in [4.78, 5) is 14.7. The van der Waals surface area contributed by atoms with Gasteiger partial charge in [0.2, 0.25) is 5.91 Å². The number of aryl methyl sites for hydroxylation is 1. The van der Waals surface area contributed by atoms with Gasteiger partial charge in [0, 0.05) is 25.2 Å². The van der Waals surface area contributed by atoms with Gasteiger partial charge in [0.15, 0.2) is 5.82 Å². The van der Waals surface area contributed by atoms with Crippen molar-refractivity contribution in [3.63, 3.8) is 0 Å². The smallest absolute Gasteiger partial charge is 0.224 e. The average Bonchev–Trinajstić information content (AvgIpc) is 3.19. The van der Waals surface area contributed by atoms with Crippen molar-refractivity contribution in [2.24, 2.45) is 0 Å². The standard InChI is InChI=1S/C23H26N4O/c1-17-7-5-8-18(13-17)14-23(28)24-20-11-6-12-27(16-20)22-15-21(25-26-22)19-9-3-2-4-10-19/h2-5,7-10,13,15,20H,6,11-12,14,16H2,1H3,(H,24,28)(H,25,26). The lowest BCUT2D eigenvalue weighted by atomic mass is 10.0. The summed E-state index contributed by atoms with van der Waals surface area (Å²) in [6.07, 6.45) is 2.48. The second-order valence-corrected chi connectivity index (χ2v) is 7.52. The Balaban J connectivity index is 1.37. The molecule has 1 fully saturated rings. The fraction of sp³-hybridized carbons (Fsp3) is 0.304. The van der Waals surface area contributed by atoms with Gasteiger partial charge in [-0.1, -0.05) is 60.2 Å². The minimum absolute atomic E-state index is 0.0875. The first kappa shape index (κ1) is 18.3. The predicted octanol–water partition coefficient (Wildman–Crippen LogP) is 3.71. The summed E-state index contributed by atoms with van der Waals surface area (Å²) in [6, 6.07) is 20.6. The lowest BCUT2D eigenvalue weighted by Crippen LogP contribution is -2.48. The van der Waals surface area contributed by atoms with Gasteiger partial charge in [-0.05, 0) is 30.9 Å². The number of hydrogen-bond acceptors (Lipinski definition) is 3. The van der Waals surface area contributed by atoms with Gasteiger partial charge in [0.1, 0.15) is 0 Å². The summed E-state index contributed by atoms with van der Waals surface area (Å²) < 4.78 is 0. The molecule has 144 valence electrons. The van der Waals surface area contributed by atoms with Crippen LogP contribution in [-0.2, 0) is 11.2 Å². The Morgan fingerprint density at radius 1 is 1.18 bits per heavy atom. The molecule has 2 N–H and O–H groups in total.